The Morgan fingerprint density at radius 2 is 2.10 bits per heavy atom. The molecule has 5 heteroatoms. The second-order valence-corrected chi connectivity index (χ2v) is 5.45. The van der Waals surface area contributed by atoms with E-state index in [9.17, 15) is 4.79 Å². The number of hydrogen-bond donors (Lipinski definition) is 1. The molecule has 20 heavy (non-hydrogen) atoms. The van der Waals surface area contributed by atoms with E-state index in [2.05, 4.69) is 11.4 Å². The second kappa shape index (κ2) is 6.62. The van der Waals surface area contributed by atoms with Gasteiger partial charge in [0.25, 0.3) is 0 Å². The number of carbonyl (C=O) groups excluding carboxylic acids is 1. The molecule has 1 saturated carbocycles. The van der Waals surface area contributed by atoms with Gasteiger partial charge < -0.3 is 10.1 Å². The van der Waals surface area contributed by atoms with Gasteiger partial charge in [-0.15, -0.1) is 0 Å². The zero-order valence-electron chi connectivity index (χ0n) is 11.4. The standard InChI is InChI=1S/C15H17ClN2O2/c1-20-15(19)10-3-6-13(7-4-10)18-14-8-12(16)5-2-11(14)9-17/h2,5,8,10,13,18H,3-4,6-7H2,1H3. The third kappa shape index (κ3) is 3.43. The summed E-state index contributed by atoms with van der Waals surface area (Å²) < 4.78 is 4.78. The van der Waals surface area contributed by atoms with Gasteiger partial charge in [0.2, 0.25) is 0 Å². The van der Waals surface area contributed by atoms with E-state index in [1.165, 1.54) is 7.11 Å². The topological polar surface area (TPSA) is 62.1 Å². The first kappa shape index (κ1) is 14.7. The van der Waals surface area contributed by atoms with Crippen molar-refractivity contribution in [2.45, 2.75) is 31.7 Å². The minimum atomic E-state index is -0.121. The molecule has 1 aromatic rings. The van der Waals surface area contributed by atoms with Gasteiger partial charge in [0, 0.05) is 11.1 Å². The van der Waals surface area contributed by atoms with Crippen LogP contribution in [0.5, 0.6) is 0 Å². The van der Waals surface area contributed by atoms with Crippen molar-refractivity contribution in [3.05, 3.63) is 28.8 Å². The average Bonchev–Trinajstić information content (AvgIpc) is 2.47. The van der Waals surface area contributed by atoms with Gasteiger partial charge in [-0.3, -0.25) is 4.79 Å². The van der Waals surface area contributed by atoms with E-state index < -0.39 is 0 Å². The third-order valence-electron chi connectivity index (χ3n) is 3.72. The molecule has 1 fully saturated rings. The lowest BCUT2D eigenvalue weighted by Gasteiger charge is -2.28. The molecular formula is C15H17ClN2O2. The lowest BCUT2D eigenvalue weighted by atomic mass is 9.86. The van der Waals surface area contributed by atoms with E-state index >= 15 is 0 Å². The predicted octanol–water partition coefficient (Wildman–Crippen LogP) is 3.36. The molecule has 0 aliphatic heterocycles. The van der Waals surface area contributed by atoms with Crippen molar-refractivity contribution in [3.63, 3.8) is 0 Å². The van der Waals surface area contributed by atoms with Gasteiger partial charge in [0.05, 0.1) is 24.3 Å². The second-order valence-electron chi connectivity index (χ2n) is 5.02. The van der Waals surface area contributed by atoms with Crippen LogP contribution in [0, 0.1) is 17.2 Å². The van der Waals surface area contributed by atoms with E-state index in [1.54, 1.807) is 18.2 Å². The highest BCUT2D eigenvalue weighted by molar-refractivity contribution is 6.30. The summed E-state index contributed by atoms with van der Waals surface area (Å²) in [4.78, 5) is 11.5. The van der Waals surface area contributed by atoms with Crippen LogP contribution in [0.4, 0.5) is 5.69 Å². The molecule has 0 aromatic heterocycles. The summed E-state index contributed by atoms with van der Waals surface area (Å²) in [5.41, 5.74) is 1.35. The number of nitrogens with zero attached hydrogens (tertiary/aromatic N) is 1. The first-order chi connectivity index (χ1) is 9.63. The predicted molar refractivity (Wildman–Crippen MR) is 77.6 cm³/mol. The molecule has 0 spiro atoms. The van der Waals surface area contributed by atoms with Gasteiger partial charge in [-0.2, -0.15) is 5.26 Å². The van der Waals surface area contributed by atoms with Crippen LogP contribution < -0.4 is 5.32 Å². The number of ether oxygens (including phenoxy) is 1. The lowest BCUT2D eigenvalue weighted by Crippen LogP contribution is -2.30. The lowest BCUT2D eigenvalue weighted by molar-refractivity contribution is -0.146. The quantitative estimate of drug-likeness (QED) is 0.868. The molecule has 1 N–H and O–H groups in total. The maximum atomic E-state index is 11.5. The largest absolute Gasteiger partial charge is 0.469 e. The van der Waals surface area contributed by atoms with Crippen molar-refractivity contribution in [2.24, 2.45) is 5.92 Å². The van der Waals surface area contributed by atoms with Gasteiger partial charge in [-0.05, 0) is 43.9 Å². The van der Waals surface area contributed by atoms with Crippen molar-refractivity contribution in [1.29, 1.82) is 5.26 Å². The number of nitrogens with one attached hydrogen (secondary N) is 1. The van der Waals surface area contributed by atoms with Crippen molar-refractivity contribution < 1.29 is 9.53 Å². The molecule has 1 aromatic carbocycles. The van der Waals surface area contributed by atoms with Crippen molar-refractivity contribution >= 4 is 23.3 Å². The number of esters is 1. The number of anilines is 1. The smallest absolute Gasteiger partial charge is 0.308 e. The summed E-state index contributed by atoms with van der Waals surface area (Å²) in [6, 6.07) is 7.61. The van der Waals surface area contributed by atoms with Gasteiger partial charge in [-0.25, -0.2) is 0 Å². The fraction of sp³-hybridized carbons (Fsp3) is 0.467. The van der Waals surface area contributed by atoms with Crippen LogP contribution in [0.3, 0.4) is 0 Å². The molecule has 0 saturated heterocycles. The van der Waals surface area contributed by atoms with Gasteiger partial charge in [-0.1, -0.05) is 11.6 Å². The van der Waals surface area contributed by atoms with Gasteiger partial charge >= 0.3 is 5.97 Å². The molecule has 106 valence electrons. The number of rotatable bonds is 3. The van der Waals surface area contributed by atoms with E-state index in [0.29, 0.717) is 10.6 Å². The van der Waals surface area contributed by atoms with Gasteiger partial charge in [0.1, 0.15) is 6.07 Å². The van der Waals surface area contributed by atoms with Gasteiger partial charge in [0.15, 0.2) is 0 Å². The minimum absolute atomic E-state index is 0.00727. The first-order valence-corrected chi connectivity index (χ1v) is 7.06. The molecule has 1 aliphatic carbocycles. The van der Waals surface area contributed by atoms with Crippen molar-refractivity contribution in [2.75, 3.05) is 12.4 Å². The normalized spacial score (nSPS) is 21.9. The number of nitriles is 1. The molecule has 1 aliphatic rings. The molecular weight excluding hydrogens is 276 g/mol. The number of hydrogen-bond acceptors (Lipinski definition) is 4. The maximum absolute atomic E-state index is 11.5. The highest BCUT2D eigenvalue weighted by atomic mass is 35.5. The number of carbonyl (C=O) groups is 1. The molecule has 0 radical (unpaired) electrons. The molecule has 0 unspecified atom stereocenters. The Labute approximate surface area is 123 Å². The third-order valence-corrected chi connectivity index (χ3v) is 3.96. The van der Waals surface area contributed by atoms with E-state index in [-0.39, 0.29) is 17.9 Å². The maximum Gasteiger partial charge on any atom is 0.308 e. The average molecular weight is 293 g/mol. The molecule has 0 amide bonds. The monoisotopic (exact) mass is 292 g/mol. The Bertz CT molecular complexity index is 531. The van der Waals surface area contributed by atoms with E-state index in [1.807, 2.05) is 0 Å². The van der Waals surface area contributed by atoms with E-state index in [4.69, 9.17) is 21.6 Å². The highest BCUT2D eigenvalue weighted by Crippen LogP contribution is 2.29. The molecule has 0 heterocycles. The molecule has 0 atom stereocenters. The number of methoxy groups -OCH3 is 1. The van der Waals surface area contributed by atoms with E-state index in [0.717, 1.165) is 31.4 Å². The Morgan fingerprint density at radius 1 is 1.40 bits per heavy atom. The van der Waals surface area contributed by atoms with Crippen LogP contribution in [0.15, 0.2) is 18.2 Å². The van der Waals surface area contributed by atoms with Crippen molar-refractivity contribution in [1.82, 2.24) is 0 Å². The van der Waals surface area contributed by atoms with Crippen molar-refractivity contribution in [3.8, 4) is 6.07 Å². The summed E-state index contributed by atoms with van der Waals surface area (Å²) in [5, 5.41) is 13.1. The zero-order chi connectivity index (χ0) is 14.5. The minimum Gasteiger partial charge on any atom is -0.469 e. The summed E-state index contributed by atoms with van der Waals surface area (Å²) in [6.07, 6.45) is 3.40. The molecule has 4 nitrogen and oxygen atoms in total. The van der Waals surface area contributed by atoms with Crippen LogP contribution in [0.1, 0.15) is 31.2 Å². The summed E-state index contributed by atoms with van der Waals surface area (Å²) in [5.74, 6) is -0.114. The number of halogens is 1. The zero-order valence-corrected chi connectivity index (χ0v) is 12.1. The van der Waals surface area contributed by atoms with Crippen LogP contribution in [0.2, 0.25) is 5.02 Å². The summed E-state index contributed by atoms with van der Waals surface area (Å²) in [7, 11) is 1.43. The Morgan fingerprint density at radius 3 is 2.70 bits per heavy atom. The fourth-order valence-electron chi connectivity index (χ4n) is 2.59. The SMILES string of the molecule is COC(=O)C1CCC(Nc2cc(Cl)ccc2C#N)CC1. The molecule has 2 rings (SSSR count). The van der Waals surface area contributed by atoms with Crippen LogP contribution in [0.25, 0.3) is 0 Å². The Hall–Kier alpha value is -1.73. The Balaban J connectivity index is 1.98. The number of benzene rings is 1. The first-order valence-electron chi connectivity index (χ1n) is 6.68. The fourth-order valence-corrected chi connectivity index (χ4v) is 2.77. The summed E-state index contributed by atoms with van der Waals surface area (Å²) in [6.45, 7) is 0. The van der Waals surface area contributed by atoms with Crippen LogP contribution in [-0.4, -0.2) is 19.1 Å². The highest BCUT2D eigenvalue weighted by Gasteiger charge is 2.27. The Kier molecular flexibility index (Phi) is 4.86. The van der Waals surface area contributed by atoms with Crippen LogP contribution in [-0.2, 0) is 9.53 Å². The summed E-state index contributed by atoms with van der Waals surface area (Å²) >= 11 is 5.96. The molecule has 0 bridgehead atoms. The van der Waals surface area contributed by atoms with Crippen LogP contribution >= 0.6 is 11.6 Å².